The Morgan fingerprint density at radius 1 is 1.06 bits per heavy atom. The molecular weight excluding hydrogens is 408 g/mol. The number of nitrogens with zero attached hydrogens (tertiary/aromatic N) is 1. The van der Waals surface area contributed by atoms with Crippen molar-refractivity contribution < 1.29 is 9.84 Å². The zero-order valence-electron chi connectivity index (χ0n) is 18.6. The maximum atomic E-state index is 11.6. The van der Waals surface area contributed by atoms with Crippen LogP contribution < -0.4 is 10.1 Å². The minimum atomic E-state index is -0.656. The van der Waals surface area contributed by atoms with Gasteiger partial charge in [-0.1, -0.05) is 66.8 Å². The first kappa shape index (κ1) is 22.6. The first-order valence-electron chi connectivity index (χ1n) is 11.7. The molecular formula is C26H35ClN2O2. The van der Waals surface area contributed by atoms with Crippen LogP contribution in [0.3, 0.4) is 0 Å². The molecule has 0 amide bonds. The van der Waals surface area contributed by atoms with Crippen molar-refractivity contribution in [3.8, 4) is 5.75 Å². The Kier molecular flexibility index (Phi) is 7.55. The van der Waals surface area contributed by atoms with Crippen molar-refractivity contribution in [2.75, 3.05) is 32.7 Å². The van der Waals surface area contributed by atoms with E-state index < -0.39 is 5.60 Å². The smallest absolute Gasteiger partial charge is 0.138 e. The molecule has 1 aliphatic carbocycles. The largest absolute Gasteiger partial charge is 0.487 e. The van der Waals surface area contributed by atoms with E-state index in [4.69, 9.17) is 16.3 Å². The van der Waals surface area contributed by atoms with Gasteiger partial charge in [-0.05, 0) is 43.0 Å². The van der Waals surface area contributed by atoms with Gasteiger partial charge in [0.1, 0.15) is 12.4 Å². The summed E-state index contributed by atoms with van der Waals surface area (Å²) in [6.45, 7) is 7.52. The van der Waals surface area contributed by atoms with Gasteiger partial charge in [0, 0.05) is 38.6 Å². The van der Waals surface area contributed by atoms with Crippen LogP contribution >= 0.6 is 11.6 Å². The molecule has 1 saturated carbocycles. The van der Waals surface area contributed by atoms with E-state index in [1.165, 1.54) is 12.0 Å². The molecule has 1 unspecified atom stereocenters. The standard InChI is InChI=1S/C26H35ClN2O2/c1-20-5-7-21(8-6-20)19-31-25-10-9-22(17-24(25)27)23(18-29-15-13-28-14-16-29)26(30)11-3-2-4-12-26/h5-10,17,23,28,30H,2-4,11-16,18-19H2,1H3. The highest BCUT2D eigenvalue weighted by Gasteiger charge is 2.39. The van der Waals surface area contributed by atoms with Crippen molar-refractivity contribution in [2.45, 2.75) is 57.2 Å². The molecule has 1 atom stereocenters. The lowest BCUT2D eigenvalue weighted by atomic mass is 9.72. The van der Waals surface area contributed by atoms with Crippen molar-refractivity contribution in [2.24, 2.45) is 0 Å². The number of benzene rings is 2. The molecule has 0 bridgehead atoms. The molecule has 0 spiro atoms. The molecule has 5 heteroatoms. The fourth-order valence-corrected chi connectivity index (χ4v) is 5.19. The number of nitrogens with one attached hydrogen (secondary N) is 1. The molecule has 4 nitrogen and oxygen atoms in total. The maximum Gasteiger partial charge on any atom is 0.138 e. The van der Waals surface area contributed by atoms with Gasteiger partial charge in [0.2, 0.25) is 0 Å². The van der Waals surface area contributed by atoms with E-state index >= 15 is 0 Å². The highest BCUT2D eigenvalue weighted by molar-refractivity contribution is 6.32. The number of hydrogen-bond acceptors (Lipinski definition) is 4. The number of rotatable bonds is 7. The maximum absolute atomic E-state index is 11.6. The van der Waals surface area contributed by atoms with Crippen LogP contribution in [-0.4, -0.2) is 48.3 Å². The molecule has 2 aromatic rings. The minimum absolute atomic E-state index is 0.0644. The Morgan fingerprint density at radius 3 is 2.45 bits per heavy atom. The van der Waals surface area contributed by atoms with Gasteiger partial charge in [-0.3, -0.25) is 0 Å². The van der Waals surface area contributed by atoms with Crippen molar-refractivity contribution >= 4 is 11.6 Å². The lowest BCUT2D eigenvalue weighted by molar-refractivity contribution is -0.0316. The van der Waals surface area contributed by atoms with Gasteiger partial charge in [0.05, 0.1) is 10.6 Å². The molecule has 1 aliphatic heterocycles. The number of piperazine rings is 1. The topological polar surface area (TPSA) is 44.7 Å². The van der Waals surface area contributed by atoms with Crippen LogP contribution in [0.1, 0.15) is 54.7 Å². The third-order valence-corrected chi connectivity index (χ3v) is 7.19. The van der Waals surface area contributed by atoms with Gasteiger partial charge in [-0.15, -0.1) is 0 Å². The second kappa shape index (κ2) is 10.4. The zero-order chi connectivity index (χ0) is 21.7. The third-order valence-electron chi connectivity index (χ3n) is 6.89. The van der Waals surface area contributed by atoms with Gasteiger partial charge < -0.3 is 20.1 Å². The molecule has 2 aliphatic rings. The molecule has 4 rings (SSSR count). The molecule has 0 aromatic heterocycles. The molecule has 0 radical (unpaired) electrons. The summed E-state index contributed by atoms with van der Waals surface area (Å²) in [5.41, 5.74) is 2.83. The summed E-state index contributed by atoms with van der Waals surface area (Å²) in [5.74, 6) is 0.761. The quantitative estimate of drug-likeness (QED) is 0.639. The Labute approximate surface area is 191 Å². The van der Waals surface area contributed by atoms with Crippen molar-refractivity contribution in [3.05, 3.63) is 64.2 Å². The Balaban J connectivity index is 1.51. The van der Waals surface area contributed by atoms with E-state index in [1.54, 1.807) is 0 Å². The molecule has 2 aromatic carbocycles. The molecule has 1 heterocycles. The van der Waals surface area contributed by atoms with Gasteiger partial charge in [-0.25, -0.2) is 0 Å². The van der Waals surface area contributed by atoms with Crippen molar-refractivity contribution in [1.82, 2.24) is 10.2 Å². The van der Waals surface area contributed by atoms with Crippen LogP contribution in [0.25, 0.3) is 0 Å². The summed E-state index contributed by atoms with van der Waals surface area (Å²) in [5, 5.41) is 15.7. The Morgan fingerprint density at radius 2 is 1.77 bits per heavy atom. The molecule has 168 valence electrons. The second-order valence-electron chi connectivity index (χ2n) is 9.23. The summed E-state index contributed by atoms with van der Waals surface area (Å²) in [7, 11) is 0. The summed E-state index contributed by atoms with van der Waals surface area (Å²) in [6, 6.07) is 14.5. The predicted octanol–water partition coefficient (Wildman–Crippen LogP) is 4.91. The fourth-order valence-electron chi connectivity index (χ4n) is 4.95. The van der Waals surface area contributed by atoms with Crippen molar-refractivity contribution in [3.63, 3.8) is 0 Å². The zero-order valence-corrected chi connectivity index (χ0v) is 19.3. The van der Waals surface area contributed by atoms with E-state index in [0.29, 0.717) is 17.4 Å². The van der Waals surface area contributed by atoms with E-state index in [2.05, 4.69) is 47.5 Å². The molecule has 1 saturated heterocycles. The van der Waals surface area contributed by atoms with Crippen LogP contribution in [0.2, 0.25) is 5.02 Å². The van der Waals surface area contributed by atoms with E-state index in [-0.39, 0.29) is 5.92 Å². The van der Waals surface area contributed by atoms with Crippen LogP contribution in [0.15, 0.2) is 42.5 Å². The summed E-state index contributed by atoms with van der Waals surface area (Å²) >= 11 is 6.66. The fraction of sp³-hybridized carbons (Fsp3) is 0.538. The number of hydrogen-bond donors (Lipinski definition) is 2. The Bertz CT molecular complexity index is 843. The van der Waals surface area contributed by atoms with E-state index in [9.17, 15) is 5.11 Å². The average molecular weight is 443 g/mol. The summed E-state index contributed by atoms with van der Waals surface area (Å²) in [6.07, 6.45) is 5.15. The van der Waals surface area contributed by atoms with Crippen LogP contribution in [0.5, 0.6) is 5.75 Å². The summed E-state index contributed by atoms with van der Waals surface area (Å²) < 4.78 is 6.00. The lowest BCUT2D eigenvalue weighted by Gasteiger charge is -2.42. The average Bonchev–Trinajstić information content (AvgIpc) is 2.79. The minimum Gasteiger partial charge on any atom is -0.487 e. The van der Waals surface area contributed by atoms with E-state index in [1.807, 2.05) is 12.1 Å². The Hall–Kier alpha value is -1.59. The van der Waals surface area contributed by atoms with Gasteiger partial charge >= 0.3 is 0 Å². The number of halogens is 1. The first-order valence-corrected chi connectivity index (χ1v) is 12.0. The van der Waals surface area contributed by atoms with Crippen LogP contribution in [0, 0.1) is 6.92 Å². The second-order valence-corrected chi connectivity index (χ2v) is 9.64. The van der Waals surface area contributed by atoms with Gasteiger partial charge in [-0.2, -0.15) is 0 Å². The SMILES string of the molecule is Cc1ccc(COc2ccc(C(CN3CCNCC3)C3(O)CCCCC3)cc2Cl)cc1. The highest BCUT2D eigenvalue weighted by atomic mass is 35.5. The number of aryl methyl sites for hydroxylation is 1. The monoisotopic (exact) mass is 442 g/mol. The molecule has 31 heavy (non-hydrogen) atoms. The number of aliphatic hydroxyl groups is 1. The summed E-state index contributed by atoms with van der Waals surface area (Å²) in [4.78, 5) is 2.48. The normalized spacial score (nSPS) is 20.4. The molecule has 2 fully saturated rings. The molecule has 2 N–H and O–H groups in total. The highest BCUT2D eigenvalue weighted by Crippen LogP contribution is 2.42. The van der Waals surface area contributed by atoms with Gasteiger partial charge in [0.15, 0.2) is 0 Å². The van der Waals surface area contributed by atoms with Gasteiger partial charge in [0.25, 0.3) is 0 Å². The third kappa shape index (κ3) is 5.81. The first-order chi connectivity index (χ1) is 15.0. The van der Waals surface area contributed by atoms with Crippen LogP contribution in [-0.2, 0) is 6.61 Å². The lowest BCUT2D eigenvalue weighted by Crippen LogP contribution is -2.49. The predicted molar refractivity (Wildman–Crippen MR) is 127 cm³/mol. The van der Waals surface area contributed by atoms with Crippen molar-refractivity contribution in [1.29, 1.82) is 0 Å². The van der Waals surface area contributed by atoms with Crippen LogP contribution in [0.4, 0.5) is 0 Å². The van der Waals surface area contributed by atoms with E-state index in [0.717, 1.165) is 69.5 Å². The number of ether oxygens (including phenoxy) is 1.